The van der Waals surface area contributed by atoms with Crippen LogP contribution < -0.4 is 0 Å². The van der Waals surface area contributed by atoms with E-state index in [0.717, 1.165) is 30.4 Å². The average molecular weight is 418 g/mol. The van der Waals surface area contributed by atoms with Gasteiger partial charge in [0.1, 0.15) is 17.1 Å². The summed E-state index contributed by atoms with van der Waals surface area (Å²) < 4.78 is 0. The van der Waals surface area contributed by atoms with Gasteiger partial charge in [0.05, 0.1) is 6.04 Å². The smallest absolute Gasteiger partial charge is 0.273 e. The van der Waals surface area contributed by atoms with Crippen molar-refractivity contribution in [3.05, 3.63) is 70.9 Å². The van der Waals surface area contributed by atoms with Gasteiger partial charge in [0.15, 0.2) is 0 Å². The maximum absolute atomic E-state index is 13.3. The maximum atomic E-state index is 13.3. The molecule has 1 unspecified atom stereocenters. The number of nitrogens with zero attached hydrogens (tertiary/aromatic N) is 2. The second-order valence-corrected chi connectivity index (χ2v) is 9.36. The fourth-order valence-electron chi connectivity index (χ4n) is 4.35. The van der Waals surface area contributed by atoms with E-state index in [1.807, 2.05) is 17.0 Å². The number of amides is 1. The molecule has 31 heavy (non-hydrogen) atoms. The highest BCUT2D eigenvalue weighted by atomic mass is 16.3. The SMILES string of the molecule is CCCCCN1C(=O)c2[nH]nc(-c3ccccc3O)c2C1c1ccc(C(C)(C)C)cc1. The molecule has 4 rings (SSSR count). The predicted molar refractivity (Wildman–Crippen MR) is 123 cm³/mol. The number of carbonyl (C=O) groups excluding carboxylic acids is 1. The first-order chi connectivity index (χ1) is 14.8. The number of aromatic hydroxyl groups is 1. The monoisotopic (exact) mass is 417 g/mol. The van der Waals surface area contributed by atoms with Gasteiger partial charge in [-0.05, 0) is 35.1 Å². The van der Waals surface area contributed by atoms with Crippen molar-refractivity contribution in [1.29, 1.82) is 0 Å². The maximum Gasteiger partial charge on any atom is 0.273 e. The third kappa shape index (κ3) is 3.85. The van der Waals surface area contributed by atoms with Crippen molar-refractivity contribution in [3.8, 4) is 17.0 Å². The van der Waals surface area contributed by atoms with Gasteiger partial charge in [-0.1, -0.05) is 76.9 Å². The molecule has 1 amide bonds. The molecule has 0 aliphatic carbocycles. The fraction of sp³-hybridized carbons (Fsp3) is 0.385. The zero-order valence-corrected chi connectivity index (χ0v) is 18.8. The number of hydrogen-bond acceptors (Lipinski definition) is 3. The summed E-state index contributed by atoms with van der Waals surface area (Å²) in [7, 11) is 0. The molecule has 0 spiro atoms. The number of rotatable bonds is 6. The minimum Gasteiger partial charge on any atom is -0.507 e. The Morgan fingerprint density at radius 2 is 1.77 bits per heavy atom. The van der Waals surface area contributed by atoms with Crippen LogP contribution in [-0.2, 0) is 5.41 Å². The van der Waals surface area contributed by atoms with Crippen LogP contribution in [0.2, 0.25) is 0 Å². The van der Waals surface area contributed by atoms with Crippen LogP contribution in [0.15, 0.2) is 48.5 Å². The predicted octanol–water partition coefficient (Wildman–Crippen LogP) is 5.82. The molecule has 5 nitrogen and oxygen atoms in total. The van der Waals surface area contributed by atoms with Gasteiger partial charge in [-0.3, -0.25) is 9.89 Å². The van der Waals surface area contributed by atoms with E-state index >= 15 is 0 Å². The van der Waals surface area contributed by atoms with E-state index in [0.29, 0.717) is 23.5 Å². The van der Waals surface area contributed by atoms with Crippen molar-refractivity contribution < 1.29 is 9.90 Å². The van der Waals surface area contributed by atoms with E-state index in [-0.39, 0.29) is 23.1 Å². The molecule has 1 atom stereocenters. The third-order valence-corrected chi connectivity index (χ3v) is 6.12. The Labute approximate surface area is 184 Å². The quantitative estimate of drug-likeness (QED) is 0.497. The number of benzene rings is 2. The molecular weight excluding hydrogens is 386 g/mol. The summed E-state index contributed by atoms with van der Waals surface area (Å²) in [5, 5.41) is 17.9. The standard InChI is InChI=1S/C26H31N3O2/c1-5-6-9-16-29-24(17-12-14-18(15-13-17)26(2,3)4)21-22(27-28-23(21)25(29)31)19-10-7-8-11-20(19)30/h7-8,10-15,24,30H,5-6,9,16H2,1-4H3,(H,27,28). The molecule has 162 valence electrons. The third-order valence-electron chi connectivity index (χ3n) is 6.12. The van der Waals surface area contributed by atoms with Crippen molar-refractivity contribution in [1.82, 2.24) is 15.1 Å². The van der Waals surface area contributed by atoms with E-state index in [1.165, 1.54) is 5.56 Å². The number of phenols is 1. The Bertz CT molecular complexity index is 1080. The van der Waals surface area contributed by atoms with Crippen molar-refractivity contribution in [2.45, 2.75) is 58.4 Å². The number of H-pyrrole nitrogens is 1. The topological polar surface area (TPSA) is 69.2 Å². The lowest BCUT2D eigenvalue weighted by atomic mass is 9.85. The molecule has 3 aromatic rings. The van der Waals surface area contributed by atoms with Crippen molar-refractivity contribution in [2.24, 2.45) is 0 Å². The summed E-state index contributed by atoms with van der Waals surface area (Å²) in [6, 6.07) is 15.5. The van der Waals surface area contributed by atoms with Crippen LogP contribution in [-0.4, -0.2) is 32.7 Å². The Morgan fingerprint density at radius 3 is 2.42 bits per heavy atom. The summed E-state index contributed by atoms with van der Waals surface area (Å²) in [5.41, 5.74) is 5.04. The summed E-state index contributed by atoms with van der Waals surface area (Å²) in [4.78, 5) is 15.3. The van der Waals surface area contributed by atoms with E-state index in [2.05, 4.69) is 62.2 Å². The van der Waals surface area contributed by atoms with Gasteiger partial charge >= 0.3 is 0 Å². The first-order valence-corrected chi connectivity index (χ1v) is 11.1. The van der Waals surface area contributed by atoms with Gasteiger partial charge in [0, 0.05) is 17.7 Å². The Balaban J connectivity index is 1.82. The van der Waals surface area contributed by atoms with E-state index < -0.39 is 0 Å². The van der Waals surface area contributed by atoms with E-state index in [9.17, 15) is 9.90 Å². The van der Waals surface area contributed by atoms with E-state index in [4.69, 9.17) is 0 Å². The number of fused-ring (bicyclic) bond motifs is 1. The molecule has 1 aromatic heterocycles. The molecular formula is C26H31N3O2. The minimum absolute atomic E-state index is 0.0230. The molecule has 0 saturated heterocycles. The first kappa shape index (κ1) is 21.2. The zero-order chi connectivity index (χ0) is 22.2. The molecule has 2 N–H and O–H groups in total. The molecule has 1 aliphatic rings. The Kier molecular flexibility index (Phi) is 5.61. The summed E-state index contributed by atoms with van der Waals surface area (Å²) in [6.45, 7) is 9.45. The number of hydrogen-bond donors (Lipinski definition) is 2. The highest BCUT2D eigenvalue weighted by Gasteiger charge is 2.42. The molecule has 0 saturated carbocycles. The van der Waals surface area contributed by atoms with Gasteiger partial charge < -0.3 is 10.0 Å². The largest absolute Gasteiger partial charge is 0.507 e. The zero-order valence-electron chi connectivity index (χ0n) is 18.8. The van der Waals surface area contributed by atoms with Gasteiger partial charge in [-0.15, -0.1) is 0 Å². The number of aromatic amines is 1. The normalized spacial score (nSPS) is 16.1. The first-order valence-electron chi connectivity index (χ1n) is 11.1. The molecule has 0 bridgehead atoms. The summed E-state index contributed by atoms with van der Waals surface area (Å²) >= 11 is 0. The van der Waals surface area contributed by atoms with Crippen LogP contribution in [0.4, 0.5) is 0 Å². The lowest BCUT2D eigenvalue weighted by Crippen LogP contribution is -2.30. The van der Waals surface area contributed by atoms with Gasteiger partial charge in [0.2, 0.25) is 0 Å². The average Bonchev–Trinajstić information content (AvgIpc) is 3.27. The number of unbranched alkanes of at least 4 members (excludes halogenated alkanes) is 2. The summed E-state index contributed by atoms with van der Waals surface area (Å²) in [6.07, 6.45) is 3.14. The van der Waals surface area contributed by atoms with Crippen molar-refractivity contribution in [2.75, 3.05) is 6.54 Å². The van der Waals surface area contributed by atoms with Crippen LogP contribution in [0.5, 0.6) is 5.75 Å². The lowest BCUT2D eigenvalue weighted by molar-refractivity contribution is 0.0740. The Morgan fingerprint density at radius 1 is 1.06 bits per heavy atom. The fourth-order valence-corrected chi connectivity index (χ4v) is 4.35. The number of para-hydroxylation sites is 1. The second kappa shape index (κ2) is 8.22. The van der Waals surface area contributed by atoms with Gasteiger partial charge in [-0.2, -0.15) is 5.10 Å². The van der Waals surface area contributed by atoms with Crippen LogP contribution in [0.1, 0.15) is 80.2 Å². The number of aromatic nitrogens is 2. The second-order valence-electron chi connectivity index (χ2n) is 9.36. The van der Waals surface area contributed by atoms with Gasteiger partial charge in [-0.25, -0.2) is 0 Å². The highest BCUT2D eigenvalue weighted by Crippen LogP contribution is 2.44. The van der Waals surface area contributed by atoms with Gasteiger partial charge in [0.25, 0.3) is 5.91 Å². The van der Waals surface area contributed by atoms with Crippen LogP contribution >= 0.6 is 0 Å². The minimum atomic E-state index is -0.221. The molecule has 0 fully saturated rings. The molecule has 5 heteroatoms. The molecule has 2 aromatic carbocycles. The molecule has 2 heterocycles. The van der Waals surface area contributed by atoms with Crippen LogP contribution in [0.25, 0.3) is 11.3 Å². The van der Waals surface area contributed by atoms with Crippen LogP contribution in [0, 0.1) is 0 Å². The summed E-state index contributed by atoms with van der Waals surface area (Å²) in [5.74, 6) is 0.140. The number of carbonyl (C=O) groups is 1. The number of nitrogens with one attached hydrogen (secondary N) is 1. The van der Waals surface area contributed by atoms with E-state index in [1.54, 1.807) is 12.1 Å². The number of phenolic OH excluding ortho intramolecular Hbond substituents is 1. The lowest BCUT2D eigenvalue weighted by Gasteiger charge is -2.27. The highest BCUT2D eigenvalue weighted by molar-refractivity contribution is 6.00. The van der Waals surface area contributed by atoms with Crippen molar-refractivity contribution >= 4 is 5.91 Å². The molecule has 1 aliphatic heterocycles. The molecule has 0 radical (unpaired) electrons. The van der Waals surface area contributed by atoms with Crippen LogP contribution in [0.3, 0.4) is 0 Å². The Hall–Kier alpha value is -3.08. The van der Waals surface area contributed by atoms with Crippen molar-refractivity contribution in [3.63, 3.8) is 0 Å².